The molecule has 0 aromatic rings. The molecule has 8 N–H and O–H groups in total. The van der Waals surface area contributed by atoms with Crippen LogP contribution in [0.2, 0.25) is 0 Å². The van der Waals surface area contributed by atoms with E-state index in [1.165, 1.54) is 0 Å². The molecule has 1 aliphatic rings. The number of carbonyl (C=O) groups is 7. The fourth-order valence-corrected chi connectivity index (χ4v) is 3.08. The SMILES string of the molecule is NC(CC(=O)O)C(=O)NC(CC(=O)O)C(=O)NC(CC(=O)O)C(=O)N1CCCC1C(=O)O. The molecule has 15 nitrogen and oxygen atoms in total. The summed E-state index contributed by atoms with van der Waals surface area (Å²) >= 11 is 0. The summed E-state index contributed by atoms with van der Waals surface area (Å²) < 4.78 is 0. The van der Waals surface area contributed by atoms with Crippen molar-refractivity contribution in [2.75, 3.05) is 6.54 Å². The van der Waals surface area contributed by atoms with Crippen LogP contribution in [0.15, 0.2) is 0 Å². The monoisotopic (exact) mass is 460 g/mol. The van der Waals surface area contributed by atoms with E-state index >= 15 is 0 Å². The van der Waals surface area contributed by atoms with Crippen molar-refractivity contribution in [3.8, 4) is 0 Å². The van der Waals surface area contributed by atoms with Gasteiger partial charge in [0.25, 0.3) is 0 Å². The van der Waals surface area contributed by atoms with Crippen molar-refractivity contribution in [2.24, 2.45) is 5.73 Å². The zero-order valence-electron chi connectivity index (χ0n) is 16.7. The van der Waals surface area contributed by atoms with E-state index < -0.39 is 85.0 Å². The van der Waals surface area contributed by atoms with Gasteiger partial charge < -0.3 is 41.7 Å². The van der Waals surface area contributed by atoms with Crippen molar-refractivity contribution in [2.45, 2.75) is 56.3 Å². The zero-order valence-corrected chi connectivity index (χ0v) is 16.7. The maximum absolute atomic E-state index is 12.7. The molecular formula is C17H24N4O11. The van der Waals surface area contributed by atoms with Crippen molar-refractivity contribution in [3.63, 3.8) is 0 Å². The molecule has 1 saturated heterocycles. The molecule has 15 heteroatoms. The molecule has 0 radical (unpaired) electrons. The molecule has 32 heavy (non-hydrogen) atoms. The fourth-order valence-electron chi connectivity index (χ4n) is 3.08. The van der Waals surface area contributed by atoms with Gasteiger partial charge in [0.05, 0.1) is 25.3 Å². The van der Waals surface area contributed by atoms with Gasteiger partial charge in [-0.3, -0.25) is 28.8 Å². The molecule has 178 valence electrons. The molecule has 1 aliphatic heterocycles. The van der Waals surface area contributed by atoms with Gasteiger partial charge in [0.1, 0.15) is 18.1 Å². The highest BCUT2D eigenvalue weighted by atomic mass is 16.4. The maximum atomic E-state index is 12.7. The van der Waals surface area contributed by atoms with Crippen LogP contribution in [0.1, 0.15) is 32.1 Å². The number of hydrogen-bond donors (Lipinski definition) is 7. The van der Waals surface area contributed by atoms with Crippen molar-refractivity contribution in [1.82, 2.24) is 15.5 Å². The first kappa shape index (κ1) is 26.3. The number of likely N-dealkylation sites (tertiary alicyclic amines) is 1. The topological polar surface area (TPSA) is 254 Å². The number of nitrogens with zero attached hydrogens (tertiary/aromatic N) is 1. The first-order valence-corrected chi connectivity index (χ1v) is 9.38. The molecule has 1 rings (SSSR count). The van der Waals surface area contributed by atoms with Crippen LogP contribution in [0.5, 0.6) is 0 Å². The first-order chi connectivity index (χ1) is 14.8. The number of nitrogens with one attached hydrogen (secondary N) is 2. The Balaban J connectivity index is 3.02. The van der Waals surface area contributed by atoms with Gasteiger partial charge in [0, 0.05) is 6.54 Å². The molecule has 3 amide bonds. The summed E-state index contributed by atoms with van der Waals surface area (Å²) in [4.78, 5) is 82.4. The van der Waals surface area contributed by atoms with Gasteiger partial charge in [-0.05, 0) is 12.8 Å². The van der Waals surface area contributed by atoms with Gasteiger partial charge in [-0.1, -0.05) is 0 Å². The lowest BCUT2D eigenvalue weighted by atomic mass is 10.1. The average Bonchev–Trinajstić information content (AvgIpc) is 3.15. The van der Waals surface area contributed by atoms with Crippen LogP contribution in [0, 0.1) is 0 Å². The van der Waals surface area contributed by atoms with Gasteiger partial charge in [-0.15, -0.1) is 0 Å². The smallest absolute Gasteiger partial charge is 0.326 e. The van der Waals surface area contributed by atoms with Crippen molar-refractivity contribution in [1.29, 1.82) is 0 Å². The molecule has 1 fully saturated rings. The maximum Gasteiger partial charge on any atom is 0.326 e. The molecule has 0 bridgehead atoms. The Morgan fingerprint density at radius 2 is 1.31 bits per heavy atom. The highest BCUT2D eigenvalue weighted by molar-refractivity contribution is 5.97. The summed E-state index contributed by atoms with van der Waals surface area (Å²) in [7, 11) is 0. The first-order valence-electron chi connectivity index (χ1n) is 9.38. The number of aliphatic carboxylic acids is 4. The van der Waals surface area contributed by atoms with E-state index in [2.05, 4.69) is 0 Å². The third-order valence-corrected chi connectivity index (χ3v) is 4.56. The molecular weight excluding hydrogens is 436 g/mol. The molecule has 1 heterocycles. The third kappa shape index (κ3) is 7.82. The van der Waals surface area contributed by atoms with Crippen molar-refractivity contribution >= 4 is 41.6 Å². The molecule has 0 saturated carbocycles. The normalized spacial score (nSPS) is 18.2. The van der Waals surface area contributed by atoms with Crippen molar-refractivity contribution < 1.29 is 54.0 Å². The highest BCUT2D eigenvalue weighted by Crippen LogP contribution is 2.19. The summed E-state index contributed by atoms with van der Waals surface area (Å²) in [5, 5.41) is 40.0. The van der Waals surface area contributed by atoms with E-state index in [1.807, 2.05) is 10.6 Å². The third-order valence-electron chi connectivity index (χ3n) is 4.56. The van der Waals surface area contributed by atoms with Gasteiger partial charge in [-0.2, -0.15) is 0 Å². The van der Waals surface area contributed by atoms with Crippen LogP contribution in [0.25, 0.3) is 0 Å². The van der Waals surface area contributed by atoms with E-state index in [4.69, 9.17) is 21.1 Å². The standard InChI is InChI=1S/C17H24N4O11/c18-7(4-11(22)23)14(28)19-8(5-12(24)25)15(29)20-9(6-13(26)27)16(30)21-3-1-2-10(21)17(31)32/h7-10H,1-6,18H2,(H,19,28)(H,20,29)(H,22,23)(H,24,25)(H,26,27)(H,31,32). The second-order valence-electron chi connectivity index (χ2n) is 7.05. The minimum Gasteiger partial charge on any atom is -0.481 e. The summed E-state index contributed by atoms with van der Waals surface area (Å²) in [6.07, 6.45) is -2.24. The van der Waals surface area contributed by atoms with Crippen LogP contribution < -0.4 is 16.4 Å². The second-order valence-corrected chi connectivity index (χ2v) is 7.05. The Morgan fingerprint density at radius 1 is 0.812 bits per heavy atom. The minimum absolute atomic E-state index is 0.0150. The summed E-state index contributed by atoms with van der Waals surface area (Å²) in [5.74, 6) is -9.15. The number of carbonyl (C=O) groups excluding carboxylic acids is 3. The molecule has 0 aromatic heterocycles. The predicted octanol–water partition coefficient (Wildman–Crippen LogP) is -3.22. The average molecular weight is 460 g/mol. The number of carboxylic acid groups (broad SMARTS) is 4. The predicted molar refractivity (Wildman–Crippen MR) is 101 cm³/mol. The zero-order chi connectivity index (χ0) is 24.6. The quantitative estimate of drug-likeness (QED) is 0.152. The summed E-state index contributed by atoms with van der Waals surface area (Å²) in [5.41, 5.74) is 5.37. The summed E-state index contributed by atoms with van der Waals surface area (Å²) in [6.45, 7) is 0.0150. The number of rotatable bonds is 12. The summed E-state index contributed by atoms with van der Waals surface area (Å²) in [6, 6.07) is -6.35. The van der Waals surface area contributed by atoms with Crippen molar-refractivity contribution in [3.05, 3.63) is 0 Å². The Morgan fingerprint density at radius 3 is 1.81 bits per heavy atom. The number of amides is 3. The molecule has 0 aliphatic carbocycles. The molecule has 4 unspecified atom stereocenters. The van der Waals surface area contributed by atoms with Crippen LogP contribution >= 0.6 is 0 Å². The van der Waals surface area contributed by atoms with Gasteiger partial charge in [0.15, 0.2) is 0 Å². The van der Waals surface area contributed by atoms with E-state index in [9.17, 15) is 38.7 Å². The van der Waals surface area contributed by atoms with Crippen LogP contribution in [-0.4, -0.2) is 97.6 Å². The number of hydrogen-bond acceptors (Lipinski definition) is 8. The molecule has 0 aromatic carbocycles. The lowest BCUT2D eigenvalue weighted by molar-refractivity contribution is -0.151. The van der Waals surface area contributed by atoms with E-state index in [-0.39, 0.29) is 13.0 Å². The molecule has 0 spiro atoms. The Hall–Kier alpha value is -3.75. The van der Waals surface area contributed by atoms with Gasteiger partial charge in [0.2, 0.25) is 17.7 Å². The minimum atomic E-state index is -1.81. The Kier molecular flexibility index (Phi) is 9.52. The van der Waals surface area contributed by atoms with Crippen LogP contribution in [0.4, 0.5) is 0 Å². The largest absolute Gasteiger partial charge is 0.481 e. The van der Waals surface area contributed by atoms with E-state index in [0.29, 0.717) is 6.42 Å². The Bertz CT molecular complexity index is 799. The molecule has 4 atom stereocenters. The van der Waals surface area contributed by atoms with Crippen LogP contribution in [-0.2, 0) is 33.6 Å². The van der Waals surface area contributed by atoms with E-state index in [0.717, 1.165) is 4.90 Å². The highest BCUT2D eigenvalue weighted by Gasteiger charge is 2.39. The lowest BCUT2D eigenvalue weighted by Crippen LogP contribution is -2.58. The number of carboxylic acids is 4. The van der Waals surface area contributed by atoms with Crippen LogP contribution in [0.3, 0.4) is 0 Å². The second kappa shape index (κ2) is 11.6. The van der Waals surface area contributed by atoms with Gasteiger partial charge >= 0.3 is 23.9 Å². The van der Waals surface area contributed by atoms with Gasteiger partial charge in [-0.25, -0.2) is 4.79 Å². The number of nitrogens with two attached hydrogens (primary N) is 1. The fraction of sp³-hybridized carbons (Fsp3) is 0.588. The van der Waals surface area contributed by atoms with E-state index in [1.54, 1.807) is 0 Å². The lowest BCUT2D eigenvalue weighted by Gasteiger charge is -2.28. The Labute approximate surface area is 180 Å².